The molecule has 0 aliphatic rings. The first kappa shape index (κ1) is 17.8. The van der Waals surface area contributed by atoms with Crippen molar-refractivity contribution in [3.8, 4) is 0 Å². The number of hydrogen-bond acceptors (Lipinski definition) is 6. The van der Waals surface area contributed by atoms with E-state index in [0.717, 1.165) is 19.7 Å². The molecule has 8 heteroatoms. The Morgan fingerprint density at radius 1 is 1.19 bits per heavy atom. The number of carbonyl (C=O) groups excluding carboxylic acids is 1. The average Bonchev–Trinajstić information content (AvgIpc) is 3.09. The van der Waals surface area contributed by atoms with E-state index in [1.165, 1.54) is 22.2 Å². The van der Waals surface area contributed by atoms with Crippen molar-refractivity contribution in [3.05, 3.63) is 68.6 Å². The standard InChI is InChI=1S/C19H14BrN3O3S/c20-12-5-6-14-13(9-12)19(25)23(11-21-14)8-7-18(24)26-10-17-22-15-3-1-2-4-16(15)27-17/h1-6,9,11H,7-8,10H2. The molecule has 0 spiro atoms. The largest absolute Gasteiger partial charge is 0.458 e. The molecule has 2 aromatic heterocycles. The lowest BCUT2D eigenvalue weighted by Crippen LogP contribution is -2.22. The predicted molar refractivity (Wildman–Crippen MR) is 108 cm³/mol. The van der Waals surface area contributed by atoms with E-state index in [-0.39, 0.29) is 31.1 Å². The molecule has 0 unspecified atom stereocenters. The molecule has 0 saturated heterocycles. The minimum atomic E-state index is -0.379. The van der Waals surface area contributed by atoms with Crippen LogP contribution in [0.15, 0.2) is 58.1 Å². The molecular formula is C19H14BrN3O3S. The maximum Gasteiger partial charge on any atom is 0.308 e. The minimum Gasteiger partial charge on any atom is -0.458 e. The van der Waals surface area contributed by atoms with Gasteiger partial charge in [-0.2, -0.15) is 0 Å². The van der Waals surface area contributed by atoms with E-state index in [9.17, 15) is 9.59 Å². The number of carbonyl (C=O) groups is 1. The van der Waals surface area contributed by atoms with Gasteiger partial charge in [0.15, 0.2) is 0 Å². The Labute approximate surface area is 166 Å². The normalized spacial score (nSPS) is 11.1. The number of thiazole rings is 1. The van der Waals surface area contributed by atoms with Crippen LogP contribution < -0.4 is 5.56 Å². The van der Waals surface area contributed by atoms with Crippen molar-refractivity contribution in [1.29, 1.82) is 0 Å². The minimum absolute atomic E-state index is 0.0893. The fourth-order valence-electron chi connectivity index (χ4n) is 2.70. The van der Waals surface area contributed by atoms with Crippen LogP contribution in [0.3, 0.4) is 0 Å². The van der Waals surface area contributed by atoms with Crippen LogP contribution in [-0.4, -0.2) is 20.5 Å². The number of hydrogen-bond donors (Lipinski definition) is 0. The van der Waals surface area contributed by atoms with Crippen LogP contribution in [0.4, 0.5) is 0 Å². The number of para-hydroxylation sites is 1. The fourth-order valence-corrected chi connectivity index (χ4v) is 3.94. The second kappa shape index (κ2) is 7.58. The lowest BCUT2D eigenvalue weighted by molar-refractivity contribution is -0.145. The third-order valence-electron chi connectivity index (χ3n) is 4.04. The van der Waals surface area contributed by atoms with Gasteiger partial charge in [-0.1, -0.05) is 28.1 Å². The second-order valence-corrected chi connectivity index (χ2v) is 7.92. The Bertz CT molecular complexity index is 1170. The molecule has 4 rings (SSSR count). The monoisotopic (exact) mass is 443 g/mol. The molecule has 136 valence electrons. The van der Waals surface area contributed by atoms with E-state index in [4.69, 9.17) is 4.74 Å². The first-order valence-corrected chi connectivity index (χ1v) is 9.86. The quantitative estimate of drug-likeness (QED) is 0.437. The molecular weight excluding hydrogens is 430 g/mol. The van der Waals surface area contributed by atoms with Crippen molar-refractivity contribution in [1.82, 2.24) is 14.5 Å². The fraction of sp³-hybridized carbons (Fsp3) is 0.158. The van der Waals surface area contributed by atoms with Crippen LogP contribution in [-0.2, 0) is 22.7 Å². The van der Waals surface area contributed by atoms with Gasteiger partial charge in [0.25, 0.3) is 5.56 Å². The molecule has 0 saturated carbocycles. The van der Waals surface area contributed by atoms with Gasteiger partial charge in [0.1, 0.15) is 11.6 Å². The van der Waals surface area contributed by atoms with Gasteiger partial charge in [0.2, 0.25) is 0 Å². The van der Waals surface area contributed by atoms with E-state index in [2.05, 4.69) is 25.9 Å². The molecule has 0 aliphatic carbocycles. The number of halogens is 1. The average molecular weight is 444 g/mol. The summed E-state index contributed by atoms with van der Waals surface area (Å²) in [5.74, 6) is -0.379. The highest BCUT2D eigenvalue weighted by Crippen LogP contribution is 2.22. The number of rotatable bonds is 5. The van der Waals surface area contributed by atoms with Crippen molar-refractivity contribution < 1.29 is 9.53 Å². The third-order valence-corrected chi connectivity index (χ3v) is 5.54. The van der Waals surface area contributed by atoms with Crippen molar-refractivity contribution in [2.75, 3.05) is 0 Å². The van der Waals surface area contributed by atoms with Gasteiger partial charge in [-0.15, -0.1) is 11.3 Å². The van der Waals surface area contributed by atoms with Crippen LogP contribution in [0, 0.1) is 0 Å². The lowest BCUT2D eigenvalue weighted by atomic mass is 10.2. The molecule has 0 aliphatic heterocycles. The zero-order valence-electron chi connectivity index (χ0n) is 14.1. The summed E-state index contributed by atoms with van der Waals surface area (Å²) in [5.41, 5.74) is 1.34. The van der Waals surface area contributed by atoms with Gasteiger partial charge in [-0.05, 0) is 30.3 Å². The first-order valence-electron chi connectivity index (χ1n) is 8.25. The summed E-state index contributed by atoms with van der Waals surface area (Å²) >= 11 is 4.85. The maximum atomic E-state index is 12.5. The molecule has 2 aromatic carbocycles. The Morgan fingerprint density at radius 3 is 2.89 bits per heavy atom. The number of benzene rings is 2. The topological polar surface area (TPSA) is 74.1 Å². The lowest BCUT2D eigenvalue weighted by Gasteiger charge is -2.07. The highest BCUT2D eigenvalue weighted by atomic mass is 79.9. The van der Waals surface area contributed by atoms with Crippen LogP contribution >= 0.6 is 27.3 Å². The third kappa shape index (κ3) is 3.91. The van der Waals surface area contributed by atoms with Crippen molar-refractivity contribution >= 4 is 54.4 Å². The number of fused-ring (bicyclic) bond motifs is 2. The van der Waals surface area contributed by atoms with Gasteiger partial charge >= 0.3 is 5.97 Å². The Balaban J connectivity index is 1.39. The molecule has 6 nitrogen and oxygen atoms in total. The zero-order chi connectivity index (χ0) is 18.8. The molecule has 4 aromatic rings. The summed E-state index contributed by atoms with van der Waals surface area (Å²) in [5, 5.41) is 1.26. The number of esters is 1. The highest BCUT2D eigenvalue weighted by molar-refractivity contribution is 9.10. The van der Waals surface area contributed by atoms with Crippen LogP contribution in [0.25, 0.3) is 21.1 Å². The second-order valence-electron chi connectivity index (χ2n) is 5.89. The van der Waals surface area contributed by atoms with Crippen LogP contribution in [0.5, 0.6) is 0 Å². The molecule has 2 heterocycles. The van der Waals surface area contributed by atoms with E-state index in [0.29, 0.717) is 10.9 Å². The zero-order valence-corrected chi connectivity index (χ0v) is 16.5. The van der Waals surface area contributed by atoms with Crippen molar-refractivity contribution in [2.45, 2.75) is 19.6 Å². The van der Waals surface area contributed by atoms with Crippen LogP contribution in [0.1, 0.15) is 11.4 Å². The summed E-state index contributed by atoms with van der Waals surface area (Å²) in [6, 6.07) is 13.1. The van der Waals surface area contributed by atoms with Crippen LogP contribution in [0.2, 0.25) is 0 Å². The maximum absolute atomic E-state index is 12.5. The molecule has 0 fully saturated rings. The highest BCUT2D eigenvalue weighted by Gasteiger charge is 2.10. The summed E-state index contributed by atoms with van der Waals surface area (Å²) < 4.78 is 8.58. The van der Waals surface area contributed by atoms with E-state index >= 15 is 0 Å². The Morgan fingerprint density at radius 2 is 2.04 bits per heavy atom. The molecule has 0 bridgehead atoms. The Kier molecular flexibility index (Phi) is 5.00. The predicted octanol–water partition coefficient (Wildman–Crippen LogP) is 3.90. The van der Waals surface area contributed by atoms with Crippen molar-refractivity contribution in [2.24, 2.45) is 0 Å². The van der Waals surface area contributed by atoms with E-state index in [1.807, 2.05) is 30.3 Å². The van der Waals surface area contributed by atoms with E-state index in [1.54, 1.807) is 12.1 Å². The molecule has 27 heavy (non-hydrogen) atoms. The summed E-state index contributed by atoms with van der Waals surface area (Å²) in [7, 11) is 0. The summed E-state index contributed by atoms with van der Waals surface area (Å²) in [6.45, 7) is 0.350. The van der Waals surface area contributed by atoms with E-state index < -0.39 is 0 Å². The van der Waals surface area contributed by atoms with Crippen molar-refractivity contribution in [3.63, 3.8) is 0 Å². The Hall–Kier alpha value is -2.58. The van der Waals surface area contributed by atoms with Gasteiger partial charge in [-0.3, -0.25) is 14.2 Å². The summed E-state index contributed by atoms with van der Waals surface area (Å²) in [4.78, 5) is 33.3. The summed E-state index contributed by atoms with van der Waals surface area (Å²) in [6.07, 6.45) is 1.55. The number of ether oxygens (including phenoxy) is 1. The number of nitrogens with zero attached hydrogens (tertiary/aromatic N) is 3. The number of aryl methyl sites for hydroxylation is 1. The number of aromatic nitrogens is 3. The SMILES string of the molecule is O=C(CCn1cnc2ccc(Br)cc2c1=O)OCc1nc2ccccc2s1. The van der Waals surface area contributed by atoms with Gasteiger partial charge in [0, 0.05) is 11.0 Å². The van der Waals surface area contributed by atoms with Gasteiger partial charge in [-0.25, -0.2) is 9.97 Å². The molecule has 0 radical (unpaired) electrons. The molecule has 0 N–H and O–H groups in total. The smallest absolute Gasteiger partial charge is 0.308 e. The van der Waals surface area contributed by atoms with Gasteiger partial charge in [0.05, 0.1) is 33.9 Å². The molecule has 0 amide bonds. The molecule has 0 atom stereocenters. The first-order chi connectivity index (χ1) is 13.1. The van der Waals surface area contributed by atoms with Gasteiger partial charge < -0.3 is 4.74 Å².